The highest BCUT2D eigenvalue weighted by molar-refractivity contribution is 7.89. The molecule has 1 spiro atoms. The van der Waals surface area contributed by atoms with E-state index < -0.39 is 21.3 Å². The van der Waals surface area contributed by atoms with Crippen molar-refractivity contribution in [3.8, 4) is 0 Å². The van der Waals surface area contributed by atoms with Crippen LogP contribution in [0.25, 0.3) is 0 Å². The van der Waals surface area contributed by atoms with Gasteiger partial charge in [-0.05, 0) is 53.4 Å². The Labute approximate surface area is 191 Å². The number of carbonyl (C=O) groups excluding carboxylic acids is 2. The summed E-state index contributed by atoms with van der Waals surface area (Å²) in [5, 5.41) is 0. The van der Waals surface area contributed by atoms with Crippen molar-refractivity contribution in [1.29, 1.82) is 0 Å². The van der Waals surface area contributed by atoms with E-state index in [0.29, 0.717) is 12.0 Å². The third-order valence-electron chi connectivity index (χ3n) is 6.34. The van der Waals surface area contributed by atoms with Crippen LogP contribution in [0.15, 0.2) is 72.8 Å². The maximum atomic E-state index is 13.7. The number of amides is 2. The van der Waals surface area contributed by atoms with E-state index in [0.717, 1.165) is 23.1 Å². The molecule has 33 heavy (non-hydrogen) atoms. The summed E-state index contributed by atoms with van der Waals surface area (Å²) in [5.41, 5.74) is 2.94. The molecule has 2 atom stereocenters. The quantitative estimate of drug-likeness (QED) is 0.627. The van der Waals surface area contributed by atoms with Crippen LogP contribution < -0.4 is 9.62 Å². The Kier molecular flexibility index (Phi) is 4.86. The summed E-state index contributed by atoms with van der Waals surface area (Å²) in [6.45, 7) is 0.244. The molecule has 0 unspecified atom stereocenters. The minimum atomic E-state index is -3.69. The number of carbonyl (C=O) groups is 2. The lowest BCUT2D eigenvalue weighted by atomic mass is 9.92. The molecular formula is C25H21FN2O4S. The van der Waals surface area contributed by atoms with E-state index >= 15 is 0 Å². The third kappa shape index (κ3) is 3.70. The second-order valence-corrected chi connectivity index (χ2v) is 10.3. The molecule has 1 saturated carbocycles. The fourth-order valence-corrected chi connectivity index (χ4v) is 5.28. The van der Waals surface area contributed by atoms with Gasteiger partial charge < -0.3 is 4.90 Å². The molecule has 1 aliphatic carbocycles. The van der Waals surface area contributed by atoms with Gasteiger partial charge in [-0.25, -0.2) is 17.5 Å². The van der Waals surface area contributed by atoms with Crippen molar-refractivity contribution in [2.45, 2.75) is 24.3 Å². The molecule has 8 heteroatoms. The highest BCUT2D eigenvalue weighted by atomic mass is 32.2. The number of sulfonamides is 1. The number of nitrogens with one attached hydrogen (secondary N) is 1. The Balaban J connectivity index is 1.45. The van der Waals surface area contributed by atoms with Gasteiger partial charge in [0.1, 0.15) is 5.82 Å². The molecule has 168 valence electrons. The summed E-state index contributed by atoms with van der Waals surface area (Å²) >= 11 is 0. The van der Waals surface area contributed by atoms with Crippen LogP contribution in [0.3, 0.4) is 0 Å². The van der Waals surface area contributed by atoms with E-state index in [1.807, 2.05) is 29.0 Å². The molecule has 0 saturated heterocycles. The fraction of sp³-hybridized carbons (Fsp3) is 0.200. The van der Waals surface area contributed by atoms with Crippen LogP contribution in [0.5, 0.6) is 0 Å². The van der Waals surface area contributed by atoms with Gasteiger partial charge in [-0.3, -0.25) is 9.59 Å². The summed E-state index contributed by atoms with van der Waals surface area (Å²) in [6, 6.07) is 20.5. The van der Waals surface area contributed by atoms with Gasteiger partial charge in [0.15, 0.2) is 0 Å². The second-order valence-electron chi connectivity index (χ2n) is 8.59. The van der Waals surface area contributed by atoms with E-state index in [9.17, 15) is 22.4 Å². The Bertz CT molecular complexity index is 1390. The third-order valence-corrected chi connectivity index (χ3v) is 6.90. The van der Waals surface area contributed by atoms with Crippen molar-refractivity contribution >= 4 is 27.5 Å². The average Bonchev–Trinajstić information content (AvgIpc) is 3.48. The standard InChI is InChI=1S/C25H21FN2O4S/c1-33(31,32)27-23(29)18-6-4-5-16(13-18)15-28-22-8-3-2-7-20(22)25(24(28)30)14-21(25)17-9-11-19(26)12-10-17/h2-13,21H,14-15H2,1H3,(H,27,29)/t21-,25-/m1/s1. The van der Waals surface area contributed by atoms with Gasteiger partial charge in [0.05, 0.1) is 18.2 Å². The van der Waals surface area contributed by atoms with Crippen LogP contribution in [0.2, 0.25) is 0 Å². The highest BCUT2D eigenvalue weighted by Crippen LogP contribution is 2.66. The molecule has 3 aromatic rings. The lowest BCUT2D eigenvalue weighted by Crippen LogP contribution is -2.33. The monoisotopic (exact) mass is 464 g/mol. The first-order valence-corrected chi connectivity index (χ1v) is 12.4. The van der Waals surface area contributed by atoms with Crippen molar-refractivity contribution in [1.82, 2.24) is 4.72 Å². The van der Waals surface area contributed by atoms with Crippen LogP contribution >= 0.6 is 0 Å². The number of halogens is 1. The molecule has 0 bridgehead atoms. The molecule has 5 rings (SSSR count). The number of para-hydroxylation sites is 1. The predicted octanol–water partition coefficient (Wildman–Crippen LogP) is 3.49. The van der Waals surface area contributed by atoms with Crippen molar-refractivity contribution in [3.05, 3.63) is 101 Å². The van der Waals surface area contributed by atoms with Crippen molar-refractivity contribution < 1.29 is 22.4 Å². The first-order chi connectivity index (χ1) is 15.7. The molecule has 2 aliphatic rings. The van der Waals surface area contributed by atoms with E-state index in [4.69, 9.17) is 0 Å². The van der Waals surface area contributed by atoms with Crippen molar-refractivity contribution in [2.75, 3.05) is 11.2 Å². The Morgan fingerprint density at radius 2 is 1.82 bits per heavy atom. The zero-order chi connectivity index (χ0) is 23.4. The number of fused-ring (bicyclic) bond motifs is 2. The largest absolute Gasteiger partial charge is 0.307 e. The van der Waals surface area contributed by atoms with Crippen molar-refractivity contribution in [2.24, 2.45) is 0 Å². The smallest absolute Gasteiger partial charge is 0.264 e. The number of nitrogens with zero attached hydrogens (tertiary/aromatic N) is 1. The Morgan fingerprint density at radius 1 is 1.09 bits per heavy atom. The molecule has 1 heterocycles. The zero-order valence-corrected chi connectivity index (χ0v) is 18.6. The summed E-state index contributed by atoms with van der Waals surface area (Å²) in [7, 11) is -3.69. The second kappa shape index (κ2) is 7.52. The number of anilines is 1. The number of hydrogen-bond acceptors (Lipinski definition) is 4. The average molecular weight is 465 g/mol. The molecule has 3 aromatic carbocycles. The fourth-order valence-electron chi connectivity index (χ4n) is 4.82. The number of rotatable bonds is 5. The first-order valence-electron chi connectivity index (χ1n) is 10.5. The summed E-state index contributed by atoms with van der Waals surface area (Å²) < 4.78 is 38.2. The molecule has 1 N–H and O–H groups in total. The summed E-state index contributed by atoms with van der Waals surface area (Å²) in [4.78, 5) is 27.7. The minimum Gasteiger partial charge on any atom is -0.307 e. The Hall–Kier alpha value is -3.52. The first kappa shape index (κ1) is 21.3. The van der Waals surface area contributed by atoms with Crippen LogP contribution in [0.4, 0.5) is 10.1 Å². The molecule has 0 radical (unpaired) electrons. The Morgan fingerprint density at radius 3 is 2.55 bits per heavy atom. The molecule has 6 nitrogen and oxygen atoms in total. The van der Waals surface area contributed by atoms with Gasteiger partial charge >= 0.3 is 0 Å². The van der Waals surface area contributed by atoms with Gasteiger partial charge in [-0.2, -0.15) is 0 Å². The molecule has 1 aliphatic heterocycles. The number of benzene rings is 3. The van der Waals surface area contributed by atoms with Gasteiger partial charge in [-0.1, -0.05) is 42.5 Å². The van der Waals surface area contributed by atoms with Crippen molar-refractivity contribution in [3.63, 3.8) is 0 Å². The topological polar surface area (TPSA) is 83.6 Å². The molecule has 0 aromatic heterocycles. The van der Waals surface area contributed by atoms with E-state index in [2.05, 4.69) is 0 Å². The van der Waals surface area contributed by atoms with Crippen LogP contribution in [0.1, 0.15) is 39.4 Å². The van der Waals surface area contributed by atoms with Crippen LogP contribution in [0, 0.1) is 5.82 Å². The van der Waals surface area contributed by atoms with Crippen LogP contribution in [-0.4, -0.2) is 26.5 Å². The lowest BCUT2D eigenvalue weighted by molar-refractivity contribution is -0.120. The highest BCUT2D eigenvalue weighted by Gasteiger charge is 2.67. The normalized spacial score (nSPS) is 21.2. The zero-order valence-electron chi connectivity index (χ0n) is 17.8. The summed E-state index contributed by atoms with van der Waals surface area (Å²) in [6.07, 6.45) is 1.57. The predicted molar refractivity (Wildman–Crippen MR) is 122 cm³/mol. The maximum Gasteiger partial charge on any atom is 0.264 e. The maximum absolute atomic E-state index is 13.7. The molecule has 1 fully saturated rings. The van der Waals surface area contributed by atoms with Gasteiger partial charge in [-0.15, -0.1) is 0 Å². The van der Waals surface area contributed by atoms with E-state index in [1.165, 1.54) is 18.2 Å². The molecular weight excluding hydrogens is 443 g/mol. The summed E-state index contributed by atoms with van der Waals surface area (Å²) in [5.74, 6) is -1.08. The van der Waals surface area contributed by atoms with Gasteiger partial charge in [0, 0.05) is 17.2 Å². The SMILES string of the molecule is CS(=O)(=O)NC(=O)c1cccc(CN2C(=O)[C@]3(C[C@@H]3c3ccc(F)cc3)c3ccccc32)c1. The van der Waals surface area contributed by atoms with E-state index in [-0.39, 0.29) is 29.8 Å². The van der Waals surface area contributed by atoms with Crippen LogP contribution in [-0.2, 0) is 26.8 Å². The van der Waals surface area contributed by atoms with E-state index in [1.54, 1.807) is 35.2 Å². The molecule has 2 amide bonds. The van der Waals surface area contributed by atoms with Gasteiger partial charge in [0.25, 0.3) is 5.91 Å². The number of hydrogen-bond donors (Lipinski definition) is 1. The lowest BCUT2D eigenvalue weighted by Gasteiger charge is -2.19. The minimum absolute atomic E-state index is 0.0241. The van der Waals surface area contributed by atoms with Gasteiger partial charge in [0.2, 0.25) is 15.9 Å².